The molecule has 5 heteroatoms. The van der Waals surface area contributed by atoms with Crippen LogP contribution in [-0.4, -0.2) is 13.0 Å². The van der Waals surface area contributed by atoms with E-state index in [0.29, 0.717) is 15.7 Å². The van der Waals surface area contributed by atoms with Gasteiger partial charge in [0.2, 0.25) is 5.91 Å². The average molecular weight is 338 g/mol. The monoisotopic (exact) mass is 337 g/mol. The number of rotatable bonds is 4. The highest BCUT2D eigenvalue weighted by Gasteiger charge is 2.30. The van der Waals surface area contributed by atoms with Gasteiger partial charge in [0.15, 0.2) is 0 Å². The van der Waals surface area contributed by atoms with Gasteiger partial charge in [-0.2, -0.15) is 0 Å². The number of methoxy groups -OCH3 is 1. The second-order valence-electron chi connectivity index (χ2n) is 5.47. The molecule has 0 bridgehead atoms. The van der Waals surface area contributed by atoms with Gasteiger partial charge in [-0.05, 0) is 49.7 Å². The van der Waals surface area contributed by atoms with Crippen LogP contribution in [0.4, 0.5) is 5.69 Å². The first-order valence-corrected chi connectivity index (χ1v) is 7.50. The number of nitrogens with one attached hydrogen (secondary N) is 1. The molecule has 0 saturated heterocycles. The first-order valence-electron chi connectivity index (χ1n) is 6.75. The van der Waals surface area contributed by atoms with Crippen LogP contribution in [0.15, 0.2) is 42.5 Å². The molecule has 1 N–H and O–H groups in total. The Kier molecular flexibility index (Phi) is 4.99. The van der Waals surface area contributed by atoms with Crippen LogP contribution >= 0.6 is 23.2 Å². The summed E-state index contributed by atoms with van der Waals surface area (Å²) in [6.45, 7) is 3.71. The highest BCUT2D eigenvalue weighted by molar-refractivity contribution is 6.35. The molecule has 0 aromatic heterocycles. The standard InChI is InChI=1S/C17H17Cl2NO2/c1-17(2,11-4-6-15(22-3)7-5-11)16(21)20-14-9-12(18)8-13(19)10-14/h4-10H,1-3H3,(H,20,21). The summed E-state index contributed by atoms with van der Waals surface area (Å²) in [4.78, 5) is 12.6. The zero-order chi connectivity index (χ0) is 16.3. The van der Waals surface area contributed by atoms with Crippen LogP contribution in [0.2, 0.25) is 10.0 Å². The second-order valence-corrected chi connectivity index (χ2v) is 6.34. The van der Waals surface area contributed by atoms with Gasteiger partial charge in [-0.3, -0.25) is 4.79 Å². The Morgan fingerprint density at radius 1 is 1.05 bits per heavy atom. The third-order valence-corrected chi connectivity index (χ3v) is 3.94. The van der Waals surface area contributed by atoms with Gasteiger partial charge >= 0.3 is 0 Å². The molecule has 0 aliphatic carbocycles. The molecular weight excluding hydrogens is 321 g/mol. The van der Waals surface area contributed by atoms with E-state index in [1.54, 1.807) is 25.3 Å². The molecule has 0 fully saturated rings. The van der Waals surface area contributed by atoms with Crippen molar-refractivity contribution in [3.63, 3.8) is 0 Å². The van der Waals surface area contributed by atoms with Crippen molar-refractivity contribution in [2.45, 2.75) is 19.3 Å². The number of amides is 1. The third kappa shape index (κ3) is 3.73. The number of ether oxygens (including phenoxy) is 1. The van der Waals surface area contributed by atoms with Crippen molar-refractivity contribution in [1.29, 1.82) is 0 Å². The number of hydrogen-bond donors (Lipinski definition) is 1. The Hall–Kier alpha value is -1.71. The first-order chi connectivity index (χ1) is 10.3. The Morgan fingerprint density at radius 2 is 1.59 bits per heavy atom. The second kappa shape index (κ2) is 6.59. The van der Waals surface area contributed by atoms with Gasteiger partial charge in [0, 0.05) is 15.7 Å². The summed E-state index contributed by atoms with van der Waals surface area (Å²) in [5.41, 5.74) is 0.754. The van der Waals surface area contributed by atoms with Gasteiger partial charge in [0.25, 0.3) is 0 Å². The fraction of sp³-hybridized carbons (Fsp3) is 0.235. The van der Waals surface area contributed by atoms with Crippen molar-refractivity contribution in [3.8, 4) is 5.75 Å². The van der Waals surface area contributed by atoms with E-state index in [2.05, 4.69) is 5.32 Å². The lowest BCUT2D eigenvalue weighted by Crippen LogP contribution is -2.34. The molecule has 0 radical (unpaired) electrons. The number of carbonyl (C=O) groups is 1. The van der Waals surface area contributed by atoms with Crippen LogP contribution in [-0.2, 0) is 10.2 Å². The largest absolute Gasteiger partial charge is 0.497 e. The van der Waals surface area contributed by atoms with Gasteiger partial charge in [0.1, 0.15) is 5.75 Å². The molecule has 0 spiro atoms. The fourth-order valence-corrected chi connectivity index (χ4v) is 2.58. The van der Waals surface area contributed by atoms with E-state index in [4.69, 9.17) is 27.9 Å². The lowest BCUT2D eigenvalue weighted by atomic mass is 9.83. The quantitative estimate of drug-likeness (QED) is 0.859. The third-order valence-electron chi connectivity index (χ3n) is 3.50. The van der Waals surface area contributed by atoms with Crippen LogP contribution in [0.25, 0.3) is 0 Å². The predicted octanol–water partition coefficient (Wildman–Crippen LogP) is 4.92. The minimum Gasteiger partial charge on any atom is -0.497 e. The van der Waals surface area contributed by atoms with Crippen molar-refractivity contribution in [1.82, 2.24) is 0 Å². The van der Waals surface area contributed by atoms with Crippen LogP contribution in [0.1, 0.15) is 19.4 Å². The predicted molar refractivity (Wildman–Crippen MR) is 91.1 cm³/mol. The van der Waals surface area contributed by atoms with Crippen LogP contribution in [0, 0.1) is 0 Å². The maximum absolute atomic E-state index is 12.6. The topological polar surface area (TPSA) is 38.3 Å². The van der Waals surface area contributed by atoms with E-state index in [1.165, 1.54) is 0 Å². The van der Waals surface area contributed by atoms with Crippen molar-refractivity contribution in [2.75, 3.05) is 12.4 Å². The van der Waals surface area contributed by atoms with E-state index in [-0.39, 0.29) is 5.91 Å². The molecule has 2 rings (SSSR count). The summed E-state index contributed by atoms with van der Waals surface area (Å²) >= 11 is 11.9. The number of benzene rings is 2. The SMILES string of the molecule is COc1ccc(C(C)(C)C(=O)Nc2cc(Cl)cc(Cl)c2)cc1. The highest BCUT2D eigenvalue weighted by atomic mass is 35.5. The maximum Gasteiger partial charge on any atom is 0.234 e. The van der Waals surface area contributed by atoms with Crippen LogP contribution in [0.5, 0.6) is 5.75 Å². The summed E-state index contributed by atoms with van der Waals surface area (Å²) in [5.74, 6) is 0.609. The molecule has 0 heterocycles. The van der Waals surface area contributed by atoms with Gasteiger partial charge in [-0.25, -0.2) is 0 Å². The molecule has 22 heavy (non-hydrogen) atoms. The highest BCUT2D eigenvalue weighted by Crippen LogP contribution is 2.28. The zero-order valence-corrected chi connectivity index (χ0v) is 14.1. The number of anilines is 1. The molecule has 0 atom stereocenters. The van der Waals surface area contributed by atoms with Crippen LogP contribution in [0.3, 0.4) is 0 Å². The Bertz CT molecular complexity index is 661. The van der Waals surface area contributed by atoms with E-state index in [0.717, 1.165) is 11.3 Å². The lowest BCUT2D eigenvalue weighted by molar-refractivity contribution is -0.120. The van der Waals surface area contributed by atoms with Crippen molar-refractivity contribution in [3.05, 3.63) is 58.1 Å². The van der Waals surface area contributed by atoms with Gasteiger partial charge in [-0.15, -0.1) is 0 Å². The number of carbonyl (C=O) groups excluding carboxylic acids is 1. The summed E-state index contributed by atoms with van der Waals surface area (Å²) in [7, 11) is 1.61. The van der Waals surface area contributed by atoms with Crippen molar-refractivity contribution in [2.24, 2.45) is 0 Å². The normalized spacial score (nSPS) is 11.1. The molecule has 0 aliphatic heterocycles. The van der Waals surface area contributed by atoms with Gasteiger partial charge in [0.05, 0.1) is 12.5 Å². The summed E-state index contributed by atoms with van der Waals surface area (Å²) in [6.07, 6.45) is 0. The smallest absolute Gasteiger partial charge is 0.234 e. The molecule has 0 aliphatic rings. The summed E-state index contributed by atoms with van der Waals surface area (Å²) in [5, 5.41) is 3.81. The van der Waals surface area contributed by atoms with Gasteiger partial charge in [-0.1, -0.05) is 35.3 Å². The lowest BCUT2D eigenvalue weighted by Gasteiger charge is -2.24. The minimum absolute atomic E-state index is 0.143. The first kappa shape index (κ1) is 16.7. The molecule has 0 unspecified atom stereocenters. The van der Waals surface area contributed by atoms with E-state index >= 15 is 0 Å². The number of halogens is 2. The molecule has 2 aromatic carbocycles. The van der Waals surface area contributed by atoms with Crippen LogP contribution < -0.4 is 10.1 Å². The summed E-state index contributed by atoms with van der Waals surface area (Å²) in [6, 6.07) is 12.4. The maximum atomic E-state index is 12.6. The van der Waals surface area contributed by atoms with Gasteiger partial charge < -0.3 is 10.1 Å². The molecule has 1 amide bonds. The van der Waals surface area contributed by atoms with E-state index in [9.17, 15) is 4.79 Å². The fourth-order valence-electron chi connectivity index (χ4n) is 2.05. The van der Waals surface area contributed by atoms with Crippen molar-refractivity contribution >= 4 is 34.8 Å². The minimum atomic E-state index is -0.707. The van der Waals surface area contributed by atoms with E-state index in [1.807, 2.05) is 38.1 Å². The zero-order valence-electron chi connectivity index (χ0n) is 12.6. The summed E-state index contributed by atoms with van der Waals surface area (Å²) < 4.78 is 5.13. The molecule has 0 saturated carbocycles. The number of hydrogen-bond acceptors (Lipinski definition) is 2. The van der Waals surface area contributed by atoms with E-state index < -0.39 is 5.41 Å². The average Bonchev–Trinajstić information content (AvgIpc) is 2.46. The molecular formula is C17H17Cl2NO2. The molecule has 116 valence electrons. The molecule has 3 nitrogen and oxygen atoms in total. The molecule has 2 aromatic rings. The Labute approximate surface area is 140 Å². The van der Waals surface area contributed by atoms with Crippen molar-refractivity contribution < 1.29 is 9.53 Å². The Balaban J connectivity index is 2.22. The Morgan fingerprint density at radius 3 is 2.09 bits per heavy atom.